The van der Waals surface area contributed by atoms with Gasteiger partial charge in [-0.25, -0.2) is 0 Å². The third kappa shape index (κ3) is 3.69. The van der Waals surface area contributed by atoms with Crippen LogP contribution in [0.15, 0.2) is 0 Å². The summed E-state index contributed by atoms with van der Waals surface area (Å²) in [5.41, 5.74) is 0. The fourth-order valence-corrected chi connectivity index (χ4v) is 3.33. The summed E-state index contributed by atoms with van der Waals surface area (Å²) >= 11 is 0. The SMILES string of the molecule is CCCNC1CCCC1CN(C)C(C)C1CC1. The smallest absolute Gasteiger partial charge is 0.0107 e. The van der Waals surface area contributed by atoms with Gasteiger partial charge in [0.25, 0.3) is 0 Å². The average Bonchev–Trinajstić information content (AvgIpc) is 3.08. The number of nitrogens with one attached hydrogen (secondary N) is 1. The Morgan fingerprint density at radius 2 is 2.00 bits per heavy atom. The molecule has 1 N–H and O–H groups in total. The normalized spacial score (nSPS) is 31.1. The highest BCUT2D eigenvalue weighted by Gasteiger charge is 2.33. The summed E-state index contributed by atoms with van der Waals surface area (Å²) < 4.78 is 0. The summed E-state index contributed by atoms with van der Waals surface area (Å²) in [4.78, 5) is 2.62. The highest BCUT2D eigenvalue weighted by atomic mass is 15.1. The third-order valence-electron chi connectivity index (χ3n) is 4.84. The molecule has 0 heterocycles. The van der Waals surface area contributed by atoms with Gasteiger partial charge in [0.15, 0.2) is 0 Å². The van der Waals surface area contributed by atoms with Crippen molar-refractivity contribution < 1.29 is 0 Å². The molecule has 17 heavy (non-hydrogen) atoms. The molecule has 2 fully saturated rings. The van der Waals surface area contributed by atoms with Gasteiger partial charge in [0.05, 0.1) is 0 Å². The van der Waals surface area contributed by atoms with Gasteiger partial charge in [0.1, 0.15) is 0 Å². The molecule has 2 heteroatoms. The number of hydrogen-bond donors (Lipinski definition) is 1. The number of nitrogens with zero attached hydrogens (tertiary/aromatic N) is 1. The Balaban J connectivity index is 1.75. The van der Waals surface area contributed by atoms with Gasteiger partial charge in [-0.15, -0.1) is 0 Å². The van der Waals surface area contributed by atoms with Crippen LogP contribution in [0.25, 0.3) is 0 Å². The van der Waals surface area contributed by atoms with Crippen molar-refractivity contribution in [1.29, 1.82) is 0 Å². The van der Waals surface area contributed by atoms with E-state index in [9.17, 15) is 0 Å². The summed E-state index contributed by atoms with van der Waals surface area (Å²) in [7, 11) is 2.33. The Bertz CT molecular complexity index is 225. The van der Waals surface area contributed by atoms with Crippen molar-refractivity contribution in [2.24, 2.45) is 11.8 Å². The van der Waals surface area contributed by atoms with Crippen molar-refractivity contribution in [1.82, 2.24) is 10.2 Å². The highest BCUT2D eigenvalue weighted by molar-refractivity contribution is 4.89. The monoisotopic (exact) mass is 238 g/mol. The largest absolute Gasteiger partial charge is 0.314 e. The molecular formula is C15H30N2. The maximum Gasteiger partial charge on any atom is 0.0107 e. The van der Waals surface area contributed by atoms with Crippen LogP contribution in [0.1, 0.15) is 52.4 Å². The first-order chi connectivity index (χ1) is 8.22. The van der Waals surface area contributed by atoms with Crippen LogP contribution in [0.5, 0.6) is 0 Å². The lowest BCUT2D eigenvalue weighted by Crippen LogP contribution is -2.41. The van der Waals surface area contributed by atoms with E-state index < -0.39 is 0 Å². The van der Waals surface area contributed by atoms with E-state index in [0.717, 1.165) is 23.9 Å². The first-order valence-electron chi connectivity index (χ1n) is 7.66. The van der Waals surface area contributed by atoms with Crippen LogP contribution in [-0.4, -0.2) is 37.1 Å². The first kappa shape index (κ1) is 13.4. The molecule has 2 aliphatic rings. The zero-order valence-electron chi connectivity index (χ0n) is 11.9. The molecule has 0 amide bonds. The molecule has 3 unspecified atom stereocenters. The average molecular weight is 238 g/mol. The predicted octanol–water partition coefficient (Wildman–Crippen LogP) is 2.89. The number of rotatable bonds is 7. The first-order valence-corrected chi connectivity index (χ1v) is 7.66. The molecule has 0 spiro atoms. The second-order valence-corrected chi connectivity index (χ2v) is 6.27. The molecule has 0 radical (unpaired) electrons. The molecule has 0 aromatic heterocycles. The fourth-order valence-electron chi connectivity index (χ4n) is 3.33. The van der Waals surface area contributed by atoms with E-state index >= 15 is 0 Å². The molecule has 0 aliphatic heterocycles. The lowest BCUT2D eigenvalue weighted by Gasteiger charge is -2.30. The fraction of sp³-hybridized carbons (Fsp3) is 1.00. The third-order valence-corrected chi connectivity index (χ3v) is 4.84. The number of hydrogen-bond acceptors (Lipinski definition) is 2. The maximum atomic E-state index is 3.74. The van der Waals surface area contributed by atoms with Crippen molar-refractivity contribution in [2.45, 2.75) is 64.5 Å². The molecular weight excluding hydrogens is 208 g/mol. The lowest BCUT2D eigenvalue weighted by atomic mass is 10.0. The summed E-state index contributed by atoms with van der Waals surface area (Å²) in [6.07, 6.45) is 8.45. The molecule has 0 aromatic rings. The molecule has 100 valence electrons. The van der Waals surface area contributed by atoms with E-state index in [1.54, 1.807) is 0 Å². The van der Waals surface area contributed by atoms with Gasteiger partial charge in [-0.2, -0.15) is 0 Å². The van der Waals surface area contributed by atoms with Crippen LogP contribution >= 0.6 is 0 Å². The Hall–Kier alpha value is -0.0800. The maximum absolute atomic E-state index is 3.74. The van der Waals surface area contributed by atoms with Crippen molar-refractivity contribution in [2.75, 3.05) is 20.1 Å². The van der Waals surface area contributed by atoms with Crippen molar-refractivity contribution in [3.63, 3.8) is 0 Å². The zero-order chi connectivity index (χ0) is 12.3. The van der Waals surface area contributed by atoms with Gasteiger partial charge in [-0.3, -0.25) is 0 Å². The van der Waals surface area contributed by atoms with E-state index in [-0.39, 0.29) is 0 Å². The molecule has 0 bridgehead atoms. The van der Waals surface area contributed by atoms with Gasteiger partial charge in [-0.1, -0.05) is 13.3 Å². The van der Waals surface area contributed by atoms with Crippen LogP contribution in [-0.2, 0) is 0 Å². The van der Waals surface area contributed by atoms with Crippen molar-refractivity contribution in [3.05, 3.63) is 0 Å². The van der Waals surface area contributed by atoms with Gasteiger partial charge in [0, 0.05) is 18.6 Å². The van der Waals surface area contributed by atoms with Crippen LogP contribution in [0.2, 0.25) is 0 Å². The molecule has 3 atom stereocenters. The molecule has 0 aromatic carbocycles. The van der Waals surface area contributed by atoms with E-state index in [0.29, 0.717) is 0 Å². The van der Waals surface area contributed by atoms with Crippen LogP contribution in [0, 0.1) is 11.8 Å². The van der Waals surface area contributed by atoms with E-state index in [2.05, 4.69) is 31.1 Å². The van der Waals surface area contributed by atoms with Crippen LogP contribution in [0.3, 0.4) is 0 Å². The van der Waals surface area contributed by atoms with E-state index in [1.165, 1.54) is 51.6 Å². The summed E-state index contributed by atoms with van der Waals surface area (Å²) in [6.45, 7) is 7.18. The Labute approximate surface area is 107 Å². The van der Waals surface area contributed by atoms with Gasteiger partial charge in [-0.05, 0) is 64.5 Å². The second kappa shape index (κ2) is 6.19. The van der Waals surface area contributed by atoms with Gasteiger partial charge in [0.2, 0.25) is 0 Å². The Morgan fingerprint density at radius 3 is 2.65 bits per heavy atom. The predicted molar refractivity (Wildman–Crippen MR) is 74.2 cm³/mol. The highest BCUT2D eigenvalue weighted by Crippen LogP contribution is 2.35. The zero-order valence-corrected chi connectivity index (χ0v) is 11.9. The molecule has 2 saturated carbocycles. The lowest BCUT2D eigenvalue weighted by molar-refractivity contribution is 0.187. The van der Waals surface area contributed by atoms with Crippen molar-refractivity contribution >= 4 is 0 Å². The molecule has 2 rings (SSSR count). The minimum atomic E-state index is 0.795. The van der Waals surface area contributed by atoms with Crippen molar-refractivity contribution in [3.8, 4) is 0 Å². The molecule has 2 nitrogen and oxygen atoms in total. The minimum absolute atomic E-state index is 0.795. The van der Waals surface area contributed by atoms with Crippen LogP contribution < -0.4 is 5.32 Å². The quantitative estimate of drug-likeness (QED) is 0.733. The van der Waals surface area contributed by atoms with E-state index in [1.807, 2.05) is 0 Å². The minimum Gasteiger partial charge on any atom is -0.314 e. The summed E-state index contributed by atoms with van der Waals surface area (Å²) in [5, 5.41) is 3.74. The van der Waals surface area contributed by atoms with Gasteiger partial charge >= 0.3 is 0 Å². The second-order valence-electron chi connectivity index (χ2n) is 6.27. The Morgan fingerprint density at radius 1 is 1.24 bits per heavy atom. The topological polar surface area (TPSA) is 15.3 Å². The Kier molecular flexibility index (Phi) is 4.87. The molecule has 2 aliphatic carbocycles. The summed E-state index contributed by atoms with van der Waals surface area (Å²) in [6, 6.07) is 1.60. The van der Waals surface area contributed by atoms with Gasteiger partial charge < -0.3 is 10.2 Å². The summed E-state index contributed by atoms with van der Waals surface area (Å²) in [5.74, 6) is 1.90. The van der Waals surface area contributed by atoms with E-state index in [4.69, 9.17) is 0 Å². The molecule has 0 saturated heterocycles. The standard InChI is InChI=1S/C15H30N2/c1-4-10-16-15-7-5-6-14(15)11-17(3)12(2)13-8-9-13/h12-16H,4-11H2,1-3H3. The van der Waals surface area contributed by atoms with Crippen LogP contribution in [0.4, 0.5) is 0 Å².